The molecule has 0 amide bonds. The Morgan fingerprint density at radius 3 is 2.42 bits per heavy atom. The van der Waals surface area contributed by atoms with Crippen molar-refractivity contribution in [2.24, 2.45) is 14.1 Å². The summed E-state index contributed by atoms with van der Waals surface area (Å²) in [6, 6.07) is 6.60. The van der Waals surface area contributed by atoms with Crippen molar-refractivity contribution in [3.63, 3.8) is 0 Å². The molecule has 2 heterocycles. The van der Waals surface area contributed by atoms with E-state index >= 15 is 0 Å². The largest absolute Gasteiger partial charge is 0.332 e. The fraction of sp³-hybridized carbons (Fsp3) is 0.235. The number of hydrogen-bond donors (Lipinski definition) is 0. The number of thioether (sulfide) groups is 1. The van der Waals surface area contributed by atoms with Crippen molar-refractivity contribution in [1.29, 1.82) is 0 Å². The molecule has 0 N–H and O–H groups in total. The molecule has 0 aliphatic rings. The first-order valence-electron chi connectivity index (χ1n) is 7.65. The number of ketones is 1. The molecule has 1 aromatic carbocycles. The zero-order valence-corrected chi connectivity index (χ0v) is 15.9. The Morgan fingerprint density at radius 2 is 1.77 bits per heavy atom. The van der Waals surface area contributed by atoms with E-state index < -0.39 is 11.2 Å². The Hall–Kier alpha value is -2.45. The van der Waals surface area contributed by atoms with Gasteiger partial charge in [0.15, 0.2) is 11.4 Å². The first-order valence-corrected chi connectivity index (χ1v) is 9.02. The van der Waals surface area contributed by atoms with Crippen LogP contribution in [-0.4, -0.2) is 30.6 Å². The van der Waals surface area contributed by atoms with Crippen molar-refractivity contribution in [2.45, 2.75) is 11.9 Å². The van der Waals surface area contributed by atoms with Crippen molar-refractivity contribution < 1.29 is 4.79 Å². The number of nitrogens with zero attached hydrogens (tertiary/aromatic N) is 4. The molecule has 0 radical (unpaired) electrons. The van der Waals surface area contributed by atoms with Gasteiger partial charge in [0, 0.05) is 24.7 Å². The summed E-state index contributed by atoms with van der Waals surface area (Å²) in [5.41, 5.74) is -0.164. The summed E-state index contributed by atoms with van der Waals surface area (Å²) < 4.78 is 2.31. The number of carbonyl (C=O) groups is 1. The van der Waals surface area contributed by atoms with E-state index in [0.717, 1.165) is 16.3 Å². The second-order valence-corrected chi connectivity index (χ2v) is 7.10. The zero-order chi connectivity index (χ0) is 19.0. The monoisotopic (exact) mass is 390 g/mol. The Balaban J connectivity index is 2.03. The summed E-state index contributed by atoms with van der Waals surface area (Å²) in [7, 11) is 2.95. The van der Waals surface area contributed by atoms with Crippen LogP contribution in [0.2, 0.25) is 5.02 Å². The summed E-state index contributed by atoms with van der Waals surface area (Å²) >= 11 is 6.98. The molecule has 3 aromatic rings. The van der Waals surface area contributed by atoms with Gasteiger partial charge < -0.3 is 0 Å². The molecule has 0 saturated carbocycles. The molecule has 7 nitrogen and oxygen atoms in total. The lowest BCUT2D eigenvalue weighted by molar-refractivity contribution is 0.102. The quantitative estimate of drug-likeness (QED) is 0.384. The molecule has 0 aliphatic heterocycles. The highest BCUT2D eigenvalue weighted by atomic mass is 35.5. The molecule has 0 bridgehead atoms. The maximum atomic E-state index is 12.5. The maximum absolute atomic E-state index is 12.5. The smallest absolute Gasteiger partial charge is 0.293 e. The van der Waals surface area contributed by atoms with Crippen LogP contribution in [0.25, 0.3) is 11.0 Å². The van der Waals surface area contributed by atoms with E-state index in [1.54, 1.807) is 38.2 Å². The Morgan fingerprint density at radius 1 is 1.12 bits per heavy atom. The standard InChI is InChI=1S/C17H15ClN4O3S/c1-9-19-14-13(16(24)22(3)17(25)21(14)2)15(20-9)26-8-12(23)10-4-6-11(18)7-5-10/h4-7H,8H2,1-3H3. The van der Waals surface area contributed by atoms with Crippen molar-refractivity contribution in [3.05, 3.63) is 61.5 Å². The minimum absolute atomic E-state index is 0.0964. The molecule has 26 heavy (non-hydrogen) atoms. The second-order valence-electron chi connectivity index (χ2n) is 5.70. The van der Waals surface area contributed by atoms with Crippen LogP contribution in [0.3, 0.4) is 0 Å². The van der Waals surface area contributed by atoms with Crippen molar-refractivity contribution in [3.8, 4) is 0 Å². The lowest BCUT2D eigenvalue weighted by Crippen LogP contribution is -2.37. The highest BCUT2D eigenvalue weighted by Gasteiger charge is 2.17. The minimum atomic E-state index is -0.482. The van der Waals surface area contributed by atoms with Gasteiger partial charge >= 0.3 is 5.69 Å². The number of fused-ring (bicyclic) bond motifs is 1. The first-order chi connectivity index (χ1) is 12.3. The van der Waals surface area contributed by atoms with E-state index in [1.807, 2.05) is 0 Å². The molecular weight excluding hydrogens is 376 g/mol. The highest BCUT2D eigenvalue weighted by molar-refractivity contribution is 8.00. The van der Waals surface area contributed by atoms with Crippen LogP contribution in [0.4, 0.5) is 0 Å². The number of rotatable bonds is 4. The van der Waals surface area contributed by atoms with Gasteiger partial charge in [-0.25, -0.2) is 14.8 Å². The molecule has 0 saturated heterocycles. The van der Waals surface area contributed by atoms with E-state index in [2.05, 4.69) is 9.97 Å². The molecule has 3 rings (SSSR count). The Labute approximate surface area is 157 Å². The zero-order valence-electron chi connectivity index (χ0n) is 14.3. The van der Waals surface area contributed by atoms with Gasteiger partial charge in [-0.15, -0.1) is 0 Å². The van der Waals surface area contributed by atoms with Crippen LogP contribution in [-0.2, 0) is 14.1 Å². The Bertz CT molecular complexity index is 1140. The van der Waals surface area contributed by atoms with Crippen molar-refractivity contribution >= 4 is 40.2 Å². The van der Waals surface area contributed by atoms with Gasteiger partial charge in [-0.3, -0.25) is 18.7 Å². The van der Waals surface area contributed by atoms with Gasteiger partial charge in [-0.1, -0.05) is 23.4 Å². The maximum Gasteiger partial charge on any atom is 0.332 e. The third-order valence-electron chi connectivity index (χ3n) is 3.88. The van der Waals surface area contributed by atoms with Crippen LogP contribution in [0.1, 0.15) is 16.2 Å². The molecule has 0 fully saturated rings. The fourth-order valence-corrected chi connectivity index (χ4v) is 3.57. The van der Waals surface area contributed by atoms with Gasteiger partial charge in [-0.2, -0.15) is 0 Å². The molecule has 134 valence electrons. The number of benzene rings is 1. The summed E-state index contributed by atoms with van der Waals surface area (Å²) in [4.78, 5) is 45.5. The summed E-state index contributed by atoms with van der Waals surface area (Å²) in [5, 5.41) is 1.16. The minimum Gasteiger partial charge on any atom is -0.293 e. The number of halogens is 1. The lowest BCUT2D eigenvalue weighted by Gasteiger charge is -2.10. The number of Topliss-reactive ketones (excluding diaryl/α,β-unsaturated/α-hetero) is 1. The normalized spacial score (nSPS) is 11.1. The average molecular weight is 391 g/mol. The predicted molar refractivity (Wildman–Crippen MR) is 101 cm³/mol. The van der Waals surface area contributed by atoms with Crippen LogP contribution in [0, 0.1) is 6.92 Å². The average Bonchev–Trinajstić information content (AvgIpc) is 2.62. The molecular formula is C17H15ClN4O3S. The number of carbonyl (C=O) groups excluding carboxylic acids is 1. The van der Waals surface area contributed by atoms with E-state index in [0.29, 0.717) is 21.4 Å². The number of aryl methyl sites for hydroxylation is 2. The van der Waals surface area contributed by atoms with Crippen molar-refractivity contribution in [1.82, 2.24) is 19.1 Å². The summed E-state index contributed by atoms with van der Waals surface area (Å²) in [5.74, 6) is 0.402. The van der Waals surface area contributed by atoms with Crippen LogP contribution in [0.5, 0.6) is 0 Å². The van der Waals surface area contributed by atoms with E-state index in [4.69, 9.17) is 11.6 Å². The summed E-state index contributed by atoms with van der Waals surface area (Å²) in [6.45, 7) is 1.67. The van der Waals surface area contributed by atoms with Crippen LogP contribution >= 0.6 is 23.4 Å². The van der Waals surface area contributed by atoms with Gasteiger partial charge in [0.2, 0.25) is 0 Å². The van der Waals surface area contributed by atoms with Crippen LogP contribution in [0.15, 0.2) is 38.9 Å². The second kappa shape index (κ2) is 7.05. The van der Waals surface area contributed by atoms with E-state index in [-0.39, 0.29) is 22.6 Å². The molecule has 0 spiro atoms. The molecule has 0 aliphatic carbocycles. The molecule has 2 aromatic heterocycles. The number of aromatic nitrogens is 4. The predicted octanol–water partition coefficient (Wildman–Crippen LogP) is 1.96. The highest BCUT2D eigenvalue weighted by Crippen LogP contribution is 2.23. The molecule has 0 atom stereocenters. The molecule has 9 heteroatoms. The lowest BCUT2D eigenvalue weighted by atomic mass is 10.1. The van der Waals surface area contributed by atoms with Gasteiger partial charge in [0.1, 0.15) is 16.2 Å². The van der Waals surface area contributed by atoms with Crippen molar-refractivity contribution in [2.75, 3.05) is 5.75 Å². The third-order valence-corrected chi connectivity index (χ3v) is 5.11. The number of hydrogen-bond acceptors (Lipinski definition) is 6. The Kier molecular flexibility index (Phi) is 4.97. The van der Waals surface area contributed by atoms with Gasteiger partial charge in [0.05, 0.1) is 5.75 Å². The van der Waals surface area contributed by atoms with E-state index in [9.17, 15) is 14.4 Å². The summed E-state index contributed by atoms with van der Waals surface area (Å²) in [6.07, 6.45) is 0. The van der Waals surface area contributed by atoms with Crippen LogP contribution < -0.4 is 11.2 Å². The van der Waals surface area contributed by atoms with Gasteiger partial charge in [0.25, 0.3) is 5.56 Å². The van der Waals surface area contributed by atoms with Gasteiger partial charge in [-0.05, 0) is 31.2 Å². The fourth-order valence-electron chi connectivity index (χ4n) is 2.49. The third kappa shape index (κ3) is 3.30. The SMILES string of the molecule is Cc1nc(SCC(=O)c2ccc(Cl)cc2)c2c(=O)n(C)c(=O)n(C)c2n1. The molecule has 0 unspecified atom stereocenters. The topological polar surface area (TPSA) is 86.9 Å². The van der Waals surface area contributed by atoms with E-state index in [1.165, 1.54) is 11.6 Å². The first kappa shape index (κ1) is 18.3.